The molecule has 0 saturated carbocycles. The first-order valence-corrected chi connectivity index (χ1v) is 4.77. The summed E-state index contributed by atoms with van der Waals surface area (Å²) in [7, 11) is 0. The van der Waals surface area contributed by atoms with E-state index in [1.165, 1.54) is 17.8 Å². The molecule has 1 rings (SSSR count). The summed E-state index contributed by atoms with van der Waals surface area (Å²) in [6, 6.07) is 2.31. The lowest BCUT2D eigenvalue weighted by Crippen LogP contribution is -1.92. The average molecular weight is 201 g/mol. The Morgan fingerprint density at radius 3 is 2.54 bits per heavy atom. The Morgan fingerprint density at radius 2 is 2.15 bits per heavy atom. The third-order valence-corrected chi connectivity index (χ3v) is 2.55. The molecule has 0 atom stereocenters. The van der Waals surface area contributed by atoms with Gasteiger partial charge in [0.15, 0.2) is 0 Å². The summed E-state index contributed by atoms with van der Waals surface area (Å²) in [4.78, 5) is 10.2. The first-order chi connectivity index (χ1) is 6.06. The smallest absolute Gasteiger partial charge is 0.258 e. The summed E-state index contributed by atoms with van der Waals surface area (Å²) in [5.41, 5.74) is 0.395. The lowest BCUT2D eigenvalue weighted by atomic mass is 10.2. The zero-order chi connectivity index (χ0) is 10.0. The fourth-order valence-corrected chi connectivity index (χ4v) is 1.71. The minimum Gasteiger partial charge on any atom is -0.258 e. The maximum atomic E-state index is 13.1. The molecule has 0 saturated heterocycles. The molecule has 0 aliphatic heterocycles. The van der Waals surface area contributed by atoms with E-state index in [1.54, 1.807) is 13.2 Å². The Hall–Kier alpha value is -1.10. The number of benzene rings is 1. The van der Waals surface area contributed by atoms with Crippen molar-refractivity contribution >= 4 is 17.4 Å². The number of halogens is 1. The lowest BCUT2D eigenvalue weighted by Gasteiger charge is -2.02. The van der Waals surface area contributed by atoms with Crippen LogP contribution >= 0.6 is 11.8 Å². The molecule has 0 bridgehead atoms. The predicted molar refractivity (Wildman–Crippen MR) is 49.6 cm³/mol. The summed E-state index contributed by atoms with van der Waals surface area (Å²) in [5.74, 6) is -0.529. The van der Waals surface area contributed by atoms with Crippen LogP contribution in [0.15, 0.2) is 17.0 Å². The van der Waals surface area contributed by atoms with Crippen LogP contribution in [-0.2, 0) is 0 Å². The van der Waals surface area contributed by atoms with Gasteiger partial charge in [-0.3, -0.25) is 10.1 Å². The molecule has 3 nitrogen and oxygen atoms in total. The molecule has 0 spiro atoms. The topological polar surface area (TPSA) is 43.1 Å². The number of thioether (sulfide) groups is 1. The van der Waals surface area contributed by atoms with Crippen molar-refractivity contribution in [3.8, 4) is 0 Å². The summed E-state index contributed by atoms with van der Waals surface area (Å²) < 4.78 is 13.1. The van der Waals surface area contributed by atoms with Crippen LogP contribution in [0.3, 0.4) is 0 Å². The second-order valence-electron chi connectivity index (χ2n) is 2.53. The van der Waals surface area contributed by atoms with Gasteiger partial charge in [-0.05, 0) is 18.7 Å². The average Bonchev–Trinajstić information content (AvgIpc) is 2.03. The van der Waals surface area contributed by atoms with E-state index in [2.05, 4.69) is 0 Å². The molecular formula is C8H8FNO2S. The van der Waals surface area contributed by atoms with Crippen LogP contribution in [0.5, 0.6) is 0 Å². The molecule has 70 valence electrons. The first-order valence-electron chi connectivity index (χ1n) is 3.54. The minimum absolute atomic E-state index is 0.201. The van der Waals surface area contributed by atoms with Crippen LogP contribution in [0.2, 0.25) is 0 Å². The quantitative estimate of drug-likeness (QED) is 0.419. The maximum Gasteiger partial charge on any atom is 0.272 e. The third kappa shape index (κ3) is 1.98. The Balaban J connectivity index is 3.28. The summed E-state index contributed by atoms with van der Waals surface area (Å²) in [5, 5.41) is 10.3. The van der Waals surface area contributed by atoms with E-state index in [0.29, 0.717) is 10.5 Å². The lowest BCUT2D eigenvalue weighted by molar-refractivity contribution is -0.385. The van der Waals surface area contributed by atoms with Gasteiger partial charge in [-0.2, -0.15) is 0 Å². The zero-order valence-electron chi connectivity index (χ0n) is 7.20. The van der Waals surface area contributed by atoms with Crippen molar-refractivity contribution in [2.24, 2.45) is 0 Å². The van der Waals surface area contributed by atoms with Gasteiger partial charge in [0.1, 0.15) is 5.82 Å². The number of nitro benzene ring substituents is 1. The number of aryl methyl sites for hydroxylation is 1. The van der Waals surface area contributed by atoms with Crippen LogP contribution in [0.4, 0.5) is 10.1 Å². The molecule has 5 heteroatoms. The van der Waals surface area contributed by atoms with Crippen LogP contribution in [0.1, 0.15) is 5.56 Å². The summed E-state index contributed by atoms with van der Waals surface area (Å²) in [6.07, 6.45) is 1.73. The highest BCUT2D eigenvalue weighted by molar-refractivity contribution is 7.98. The fourth-order valence-electron chi connectivity index (χ4n) is 1.08. The highest BCUT2D eigenvalue weighted by atomic mass is 32.2. The van der Waals surface area contributed by atoms with Crippen molar-refractivity contribution in [3.05, 3.63) is 33.6 Å². The molecule has 0 unspecified atom stereocenters. The molecule has 0 radical (unpaired) electrons. The number of hydrogen-bond donors (Lipinski definition) is 0. The van der Waals surface area contributed by atoms with E-state index >= 15 is 0 Å². The second-order valence-corrected chi connectivity index (χ2v) is 3.35. The Labute approximate surface area is 79.1 Å². The summed E-state index contributed by atoms with van der Waals surface area (Å²) >= 11 is 1.24. The van der Waals surface area contributed by atoms with Gasteiger partial charge < -0.3 is 0 Å². The molecule has 0 amide bonds. The number of rotatable bonds is 2. The Morgan fingerprint density at radius 1 is 1.54 bits per heavy atom. The maximum absolute atomic E-state index is 13.1. The normalized spacial score (nSPS) is 10.1. The van der Waals surface area contributed by atoms with Gasteiger partial charge in [-0.1, -0.05) is 0 Å². The standard InChI is InChI=1S/C8H8FNO2S/c1-5-3-6(10(11)12)4-7(9)8(5)13-2/h3-4H,1-2H3. The zero-order valence-corrected chi connectivity index (χ0v) is 8.02. The molecule has 0 aliphatic carbocycles. The SMILES string of the molecule is CSc1c(C)cc([N+](=O)[O-])cc1F. The molecule has 13 heavy (non-hydrogen) atoms. The van der Waals surface area contributed by atoms with E-state index in [-0.39, 0.29) is 5.69 Å². The molecule has 1 aromatic carbocycles. The fraction of sp³-hybridized carbons (Fsp3) is 0.250. The van der Waals surface area contributed by atoms with Crippen molar-refractivity contribution in [1.29, 1.82) is 0 Å². The second kappa shape index (κ2) is 3.74. The minimum atomic E-state index is -0.597. The highest BCUT2D eigenvalue weighted by Crippen LogP contribution is 2.27. The van der Waals surface area contributed by atoms with Crippen molar-refractivity contribution in [2.45, 2.75) is 11.8 Å². The van der Waals surface area contributed by atoms with E-state index in [1.807, 2.05) is 0 Å². The van der Waals surface area contributed by atoms with Crippen LogP contribution in [-0.4, -0.2) is 11.2 Å². The van der Waals surface area contributed by atoms with Gasteiger partial charge >= 0.3 is 0 Å². The number of nitro groups is 1. The molecular weight excluding hydrogens is 193 g/mol. The van der Waals surface area contributed by atoms with Gasteiger partial charge in [-0.15, -0.1) is 11.8 Å². The van der Waals surface area contributed by atoms with Gasteiger partial charge in [-0.25, -0.2) is 4.39 Å². The van der Waals surface area contributed by atoms with E-state index < -0.39 is 10.7 Å². The monoisotopic (exact) mass is 201 g/mol. The number of hydrogen-bond acceptors (Lipinski definition) is 3. The van der Waals surface area contributed by atoms with Crippen LogP contribution < -0.4 is 0 Å². The number of nitrogens with zero attached hydrogens (tertiary/aromatic N) is 1. The number of non-ortho nitro benzene ring substituents is 1. The van der Waals surface area contributed by atoms with Crippen LogP contribution in [0.25, 0.3) is 0 Å². The molecule has 0 fully saturated rings. The van der Waals surface area contributed by atoms with E-state index in [4.69, 9.17) is 0 Å². The molecule has 1 aromatic rings. The van der Waals surface area contributed by atoms with Gasteiger partial charge in [0, 0.05) is 11.0 Å². The summed E-state index contributed by atoms with van der Waals surface area (Å²) in [6.45, 7) is 1.65. The molecule has 0 aliphatic rings. The van der Waals surface area contributed by atoms with Crippen LogP contribution in [0, 0.1) is 22.9 Å². The molecule has 0 N–H and O–H groups in total. The Bertz CT molecular complexity index is 331. The van der Waals surface area contributed by atoms with E-state index in [9.17, 15) is 14.5 Å². The molecule has 0 aromatic heterocycles. The van der Waals surface area contributed by atoms with E-state index in [0.717, 1.165) is 6.07 Å². The Kier molecular flexibility index (Phi) is 2.87. The van der Waals surface area contributed by atoms with Gasteiger partial charge in [0.2, 0.25) is 0 Å². The molecule has 0 heterocycles. The first kappa shape index (κ1) is 9.98. The largest absolute Gasteiger partial charge is 0.272 e. The van der Waals surface area contributed by atoms with Crippen molar-refractivity contribution in [2.75, 3.05) is 6.26 Å². The highest BCUT2D eigenvalue weighted by Gasteiger charge is 2.13. The van der Waals surface area contributed by atoms with Crippen molar-refractivity contribution in [1.82, 2.24) is 0 Å². The predicted octanol–water partition coefficient (Wildman–Crippen LogP) is 2.76. The van der Waals surface area contributed by atoms with Crippen molar-refractivity contribution in [3.63, 3.8) is 0 Å². The van der Waals surface area contributed by atoms with Gasteiger partial charge in [0.25, 0.3) is 5.69 Å². The van der Waals surface area contributed by atoms with Gasteiger partial charge in [0.05, 0.1) is 11.0 Å². The van der Waals surface area contributed by atoms with Crippen molar-refractivity contribution < 1.29 is 9.31 Å². The third-order valence-electron chi connectivity index (χ3n) is 1.63.